The second kappa shape index (κ2) is 26.4. The second-order valence-electron chi connectivity index (χ2n) is 23.1. The molecule has 1 saturated heterocycles. The van der Waals surface area contributed by atoms with E-state index in [4.69, 9.17) is 9.31 Å². The largest absolute Gasteiger partial charge is 0.494 e. The van der Waals surface area contributed by atoms with Crippen molar-refractivity contribution in [3.63, 3.8) is 0 Å². The first-order chi connectivity index (χ1) is 43.7. The predicted molar refractivity (Wildman–Crippen MR) is 402 cm³/mol. The number of nitrogens with zero attached hydrogens (tertiary/aromatic N) is 4. The van der Waals surface area contributed by atoms with Crippen molar-refractivity contribution in [3.8, 4) is 22.5 Å². The van der Waals surface area contributed by atoms with Gasteiger partial charge in [0.1, 0.15) is 0 Å². The van der Waals surface area contributed by atoms with Crippen LogP contribution in [0.25, 0.3) is 66.1 Å². The van der Waals surface area contributed by atoms with E-state index in [1.807, 2.05) is 0 Å². The van der Waals surface area contributed by atoms with Crippen LogP contribution < -0.4 is 15.3 Å². The van der Waals surface area contributed by atoms with Gasteiger partial charge < -0.3 is 28.2 Å². The smallest absolute Gasteiger partial charge is 0.399 e. The standard InChI is InChI=1S/C36H24Br2N2.C24H24BNO2.C18H12Br2IN/c37-27-13-21-30(22-14-27)39(31-23-15-28(38)16-24-31)29-17-9-25(10-18-29)26-11-19-32(20-12-26)40-35-7-3-1-5-33(35)34-6-2-4-8-36(34)40;1-23(2)24(3,4)28-25(27-23)17-13-15-18(16-14-17)26-21-11-7-5-9-19(21)20-10-6-8-12-22(20)26;19-13-1-7-16(8-2-13)22(17-9-3-14(20)4-10-17)18-11-5-15(21)6-12-18/h1-24H;5-16H,1-4H3;1-12H. The van der Waals surface area contributed by atoms with Crippen LogP contribution in [0.15, 0.2) is 309 Å². The van der Waals surface area contributed by atoms with Crippen molar-refractivity contribution >= 4 is 177 Å². The van der Waals surface area contributed by atoms with Gasteiger partial charge in [0.15, 0.2) is 0 Å². The number of rotatable bonds is 10. The Morgan fingerprint density at radius 2 is 0.556 bits per heavy atom. The van der Waals surface area contributed by atoms with Gasteiger partial charge in [0.05, 0.1) is 33.3 Å². The number of hydrogen-bond donors (Lipinski definition) is 0. The molecule has 1 fully saturated rings. The van der Waals surface area contributed by atoms with Crippen molar-refractivity contribution in [1.29, 1.82) is 0 Å². The van der Waals surface area contributed by atoms with Crippen LogP contribution in [0.4, 0.5) is 34.1 Å². The molecule has 90 heavy (non-hydrogen) atoms. The topological polar surface area (TPSA) is 34.8 Å². The Labute approximate surface area is 573 Å². The first-order valence-corrected chi connectivity index (χ1v) is 33.9. The summed E-state index contributed by atoms with van der Waals surface area (Å²) in [6, 6.07) is 103. The van der Waals surface area contributed by atoms with Gasteiger partial charge >= 0.3 is 7.12 Å². The van der Waals surface area contributed by atoms with Crippen LogP contribution in [0.5, 0.6) is 0 Å². The number of hydrogen-bond acceptors (Lipinski definition) is 4. The second-order valence-corrected chi connectivity index (χ2v) is 28.0. The number of benzene rings is 12. The van der Waals surface area contributed by atoms with E-state index in [0.29, 0.717) is 0 Å². The van der Waals surface area contributed by atoms with Crippen LogP contribution in [-0.4, -0.2) is 27.5 Å². The molecule has 15 rings (SSSR count). The van der Waals surface area contributed by atoms with Crippen LogP contribution >= 0.6 is 86.3 Å². The molecule has 6 nitrogen and oxygen atoms in total. The highest BCUT2D eigenvalue weighted by Gasteiger charge is 2.51. The average Bonchev–Trinajstić information content (AvgIpc) is 1.66. The number of anilines is 6. The molecule has 3 heterocycles. The maximum atomic E-state index is 6.19. The van der Waals surface area contributed by atoms with E-state index in [9.17, 15) is 0 Å². The predicted octanol–water partition coefficient (Wildman–Crippen LogP) is 23.8. The Balaban J connectivity index is 0.000000130. The fraction of sp³-hybridized carbons (Fsp3) is 0.0769. The lowest BCUT2D eigenvalue weighted by Gasteiger charge is -2.32. The molecule has 12 aromatic carbocycles. The van der Waals surface area contributed by atoms with Crippen LogP contribution in [0.1, 0.15) is 27.7 Å². The van der Waals surface area contributed by atoms with Gasteiger partial charge in [-0.05, 0) is 249 Å². The highest BCUT2D eigenvalue weighted by molar-refractivity contribution is 14.1. The van der Waals surface area contributed by atoms with Crippen molar-refractivity contribution < 1.29 is 9.31 Å². The Hall–Kier alpha value is -7.53. The van der Waals surface area contributed by atoms with Crippen LogP contribution in [0.3, 0.4) is 0 Å². The van der Waals surface area contributed by atoms with E-state index in [-0.39, 0.29) is 18.3 Å². The molecule has 1 aliphatic rings. The highest BCUT2D eigenvalue weighted by Crippen LogP contribution is 2.41. The average molecular weight is 1540 g/mol. The summed E-state index contributed by atoms with van der Waals surface area (Å²) < 4.78 is 22.6. The molecule has 442 valence electrons. The summed E-state index contributed by atoms with van der Waals surface area (Å²) in [7, 11) is -0.336. The summed E-state index contributed by atoms with van der Waals surface area (Å²) in [6.45, 7) is 8.33. The normalized spacial score (nSPS) is 13.2. The quantitative estimate of drug-likeness (QED) is 0.101. The molecule has 0 spiro atoms. The number of para-hydroxylation sites is 4. The van der Waals surface area contributed by atoms with E-state index < -0.39 is 0 Å². The lowest BCUT2D eigenvalue weighted by Crippen LogP contribution is -2.41. The van der Waals surface area contributed by atoms with Gasteiger partial charge in [-0.15, -0.1) is 0 Å². The summed E-state index contributed by atoms with van der Waals surface area (Å²) in [5.41, 5.74) is 16.7. The van der Waals surface area contributed by atoms with E-state index in [1.54, 1.807) is 0 Å². The third-order valence-corrected chi connectivity index (χ3v) is 19.7. The highest BCUT2D eigenvalue weighted by atomic mass is 127. The van der Waals surface area contributed by atoms with Gasteiger partial charge in [0.25, 0.3) is 0 Å². The van der Waals surface area contributed by atoms with Gasteiger partial charge in [0, 0.05) is 88.5 Å². The van der Waals surface area contributed by atoms with E-state index >= 15 is 0 Å². The van der Waals surface area contributed by atoms with E-state index in [1.165, 1.54) is 58.3 Å². The fourth-order valence-electron chi connectivity index (χ4n) is 11.6. The molecule has 14 aromatic rings. The van der Waals surface area contributed by atoms with Crippen LogP contribution in [0.2, 0.25) is 0 Å². The molecule has 0 saturated carbocycles. The monoisotopic (exact) mass is 1540 g/mol. The molecule has 0 bridgehead atoms. The Bertz CT molecular complexity index is 4530. The Kier molecular flexibility index (Phi) is 18.0. The third-order valence-electron chi connectivity index (χ3n) is 16.8. The molecular formula is C78H60BBr4IN4O2. The first-order valence-electron chi connectivity index (χ1n) is 29.7. The minimum atomic E-state index is -0.336. The summed E-state index contributed by atoms with van der Waals surface area (Å²) >= 11 is 16.5. The Morgan fingerprint density at radius 3 is 0.856 bits per heavy atom. The van der Waals surface area contributed by atoms with E-state index in [0.717, 1.165) is 68.9 Å². The molecule has 0 amide bonds. The summed E-state index contributed by atoms with van der Waals surface area (Å²) in [6.07, 6.45) is 0. The van der Waals surface area contributed by atoms with Crippen molar-refractivity contribution in [2.24, 2.45) is 0 Å². The lowest BCUT2D eigenvalue weighted by molar-refractivity contribution is 0.00578. The molecule has 0 unspecified atom stereocenters. The Morgan fingerprint density at radius 1 is 0.311 bits per heavy atom. The summed E-state index contributed by atoms with van der Waals surface area (Å²) in [5.74, 6) is 0. The lowest BCUT2D eigenvalue weighted by atomic mass is 9.79. The van der Waals surface area contributed by atoms with Crippen molar-refractivity contribution in [2.75, 3.05) is 9.80 Å². The molecule has 2 aromatic heterocycles. The van der Waals surface area contributed by atoms with Gasteiger partial charge in [0.2, 0.25) is 0 Å². The minimum absolute atomic E-state index is 0.330. The molecule has 12 heteroatoms. The number of halogens is 5. The van der Waals surface area contributed by atoms with Gasteiger partial charge in [-0.1, -0.05) is 173 Å². The summed E-state index contributed by atoms with van der Waals surface area (Å²) in [5, 5.41) is 5.10. The zero-order valence-electron chi connectivity index (χ0n) is 49.8. The maximum absolute atomic E-state index is 6.19. The van der Waals surface area contributed by atoms with E-state index in [2.05, 4.69) is 424 Å². The maximum Gasteiger partial charge on any atom is 0.494 e. The van der Waals surface area contributed by atoms with Crippen LogP contribution in [0, 0.1) is 3.57 Å². The third kappa shape index (κ3) is 12.8. The van der Waals surface area contributed by atoms with Crippen molar-refractivity contribution in [2.45, 2.75) is 38.9 Å². The minimum Gasteiger partial charge on any atom is -0.399 e. The zero-order valence-corrected chi connectivity index (χ0v) is 58.3. The number of aromatic nitrogens is 2. The first kappa shape index (κ1) is 61.3. The molecule has 1 aliphatic heterocycles. The molecule has 0 atom stereocenters. The SMILES string of the molecule is Brc1ccc(N(c2ccc(Br)cc2)c2ccc(-c3ccc(-n4c5ccccc5c5ccccc54)cc3)cc2)cc1.Brc1ccc(N(c2ccc(Br)cc2)c2ccc(I)cc2)cc1.CC1(C)OB(c2ccc(-n3c4ccccc4c4ccccc43)cc2)OC1(C)C. The van der Waals surface area contributed by atoms with Gasteiger partial charge in [-0.2, -0.15) is 0 Å². The van der Waals surface area contributed by atoms with Gasteiger partial charge in [-0.3, -0.25) is 0 Å². The molecule has 0 N–H and O–H groups in total. The zero-order chi connectivity index (χ0) is 62.1. The summed E-state index contributed by atoms with van der Waals surface area (Å²) in [4.78, 5) is 4.52. The van der Waals surface area contributed by atoms with Crippen molar-refractivity contribution in [1.82, 2.24) is 9.13 Å². The van der Waals surface area contributed by atoms with Crippen molar-refractivity contribution in [3.05, 3.63) is 313 Å². The molecule has 0 radical (unpaired) electrons. The molecular weight excluding hydrogens is 1480 g/mol. The fourth-order valence-corrected chi connectivity index (χ4v) is 13.0. The number of fused-ring (bicyclic) bond motifs is 6. The van der Waals surface area contributed by atoms with Crippen LogP contribution in [-0.2, 0) is 9.31 Å². The molecule has 0 aliphatic carbocycles. The van der Waals surface area contributed by atoms with Gasteiger partial charge in [-0.25, -0.2) is 0 Å².